The van der Waals surface area contributed by atoms with Gasteiger partial charge in [-0.3, -0.25) is 4.98 Å². The van der Waals surface area contributed by atoms with Crippen molar-refractivity contribution in [2.24, 2.45) is 0 Å². The van der Waals surface area contributed by atoms with Crippen molar-refractivity contribution in [1.82, 2.24) is 24.9 Å². The zero-order chi connectivity index (χ0) is 22.0. The summed E-state index contributed by atoms with van der Waals surface area (Å²) in [7, 11) is 0. The third-order valence-corrected chi connectivity index (χ3v) is 5.79. The number of rotatable bonds is 4. The lowest BCUT2D eigenvalue weighted by molar-refractivity contribution is 0.174. The minimum atomic E-state index is 0.240. The molecule has 3 aromatic heterocycles. The van der Waals surface area contributed by atoms with Crippen molar-refractivity contribution >= 4 is 11.9 Å². The molecule has 0 bridgehead atoms. The van der Waals surface area contributed by atoms with Gasteiger partial charge in [0.1, 0.15) is 0 Å². The van der Waals surface area contributed by atoms with Gasteiger partial charge in [-0.1, -0.05) is 6.07 Å². The lowest BCUT2D eigenvalue weighted by atomic mass is 10.0. The summed E-state index contributed by atoms with van der Waals surface area (Å²) in [4.78, 5) is 27.1. The molecule has 9 nitrogen and oxygen atoms in total. The molecule has 0 spiro atoms. The van der Waals surface area contributed by atoms with E-state index in [0.29, 0.717) is 5.95 Å². The van der Waals surface area contributed by atoms with Crippen LogP contribution in [0.1, 0.15) is 0 Å². The molecule has 4 aromatic rings. The number of fused-ring (bicyclic) bond motifs is 1. The van der Waals surface area contributed by atoms with Gasteiger partial charge in [0, 0.05) is 68.3 Å². The number of pyridine rings is 1. The molecule has 2 aliphatic rings. The van der Waals surface area contributed by atoms with Crippen molar-refractivity contribution in [1.29, 1.82) is 0 Å². The van der Waals surface area contributed by atoms with E-state index in [1.54, 1.807) is 18.6 Å². The third-order valence-electron chi connectivity index (χ3n) is 5.79. The van der Waals surface area contributed by atoms with Crippen LogP contribution in [0.2, 0.25) is 0 Å². The van der Waals surface area contributed by atoms with E-state index in [0.717, 1.165) is 66.0 Å². The highest BCUT2D eigenvalue weighted by atomic mass is 16.7. The second-order valence-corrected chi connectivity index (χ2v) is 7.76. The smallest absolute Gasteiger partial charge is 0.231 e. The van der Waals surface area contributed by atoms with Crippen molar-refractivity contribution < 1.29 is 9.47 Å². The van der Waals surface area contributed by atoms with Crippen LogP contribution in [-0.4, -0.2) is 57.9 Å². The molecule has 0 saturated carbocycles. The molecule has 5 heterocycles. The predicted octanol–water partition coefficient (Wildman–Crippen LogP) is 3.05. The zero-order valence-corrected chi connectivity index (χ0v) is 17.8. The molecule has 1 saturated heterocycles. The molecule has 9 heteroatoms. The molecule has 0 radical (unpaired) electrons. The fourth-order valence-electron chi connectivity index (χ4n) is 4.08. The highest BCUT2D eigenvalue weighted by Gasteiger charge is 2.23. The fourth-order valence-corrected chi connectivity index (χ4v) is 4.08. The normalized spacial score (nSPS) is 15.0. The van der Waals surface area contributed by atoms with Gasteiger partial charge in [-0.05, 0) is 35.9 Å². The Hall–Kier alpha value is -4.27. The first-order chi connectivity index (χ1) is 16.3. The summed E-state index contributed by atoms with van der Waals surface area (Å²) in [5, 5.41) is 0. The van der Waals surface area contributed by atoms with Gasteiger partial charge in [0.25, 0.3) is 0 Å². The van der Waals surface area contributed by atoms with Gasteiger partial charge in [0.2, 0.25) is 18.7 Å². The molecule has 0 atom stereocenters. The van der Waals surface area contributed by atoms with Crippen LogP contribution in [0, 0.1) is 0 Å². The van der Waals surface area contributed by atoms with Crippen molar-refractivity contribution in [2.45, 2.75) is 0 Å². The van der Waals surface area contributed by atoms with Crippen molar-refractivity contribution in [2.75, 3.05) is 42.8 Å². The maximum atomic E-state index is 5.57. The Morgan fingerprint density at radius 3 is 2.27 bits per heavy atom. The summed E-state index contributed by atoms with van der Waals surface area (Å²) in [5.74, 6) is 2.94. The van der Waals surface area contributed by atoms with Gasteiger partial charge in [-0.25, -0.2) is 19.9 Å². The van der Waals surface area contributed by atoms with Gasteiger partial charge in [-0.2, -0.15) is 0 Å². The summed E-state index contributed by atoms with van der Waals surface area (Å²) < 4.78 is 11.0. The standard InChI is InChI=1S/C24H21N7O2/c1-3-18(14-25-6-1)22-19(17-4-5-20-21(13-17)33-16-32-20)15-28-24(29-22)31-11-9-30(10-12-31)23-26-7-2-8-27-23/h1-8,13-15H,9-12,16H2. The summed E-state index contributed by atoms with van der Waals surface area (Å²) >= 11 is 0. The summed E-state index contributed by atoms with van der Waals surface area (Å²) in [5.41, 5.74) is 3.66. The number of hydrogen-bond donors (Lipinski definition) is 0. The molecule has 6 rings (SSSR count). The van der Waals surface area contributed by atoms with Crippen LogP contribution >= 0.6 is 0 Å². The number of hydrogen-bond acceptors (Lipinski definition) is 9. The SMILES string of the molecule is c1cnc(N2CCN(c3ncc(-c4ccc5c(c4)OCO5)c(-c4cccnc4)n3)CC2)nc1. The maximum absolute atomic E-state index is 5.57. The van der Waals surface area contributed by atoms with Gasteiger partial charge in [0.05, 0.1) is 5.69 Å². The van der Waals surface area contributed by atoms with Crippen molar-refractivity contribution in [3.05, 3.63) is 67.4 Å². The second-order valence-electron chi connectivity index (χ2n) is 7.76. The Balaban J connectivity index is 1.32. The first kappa shape index (κ1) is 19.4. The highest BCUT2D eigenvalue weighted by molar-refractivity contribution is 5.81. The fraction of sp³-hybridized carbons (Fsp3) is 0.208. The van der Waals surface area contributed by atoms with E-state index in [1.165, 1.54) is 0 Å². The first-order valence-electron chi connectivity index (χ1n) is 10.8. The van der Waals surface area contributed by atoms with Gasteiger partial charge in [0.15, 0.2) is 11.5 Å². The summed E-state index contributed by atoms with van der Waals surface area (Å²) in [6.07, 6.45) is 9.01. The van der Waals surface area contributed by atoms with Crippen LogP contribution in [0.4, 0.5) is 11.9 Å². The average molecular weight is 439 g/mol. The zero-order valence-electron chi connectivity index (χ0n) is 17.8. The third kappa shape index (κ3) is 3.78. The van der Waals surface area contributed by atoms with Crippen molar-refractivity contribution in [3.8, 4) is 33.9 Å². The Kier molecular flexibility index (Phi) is 4.91. The monoisotopic (exact) mass is 439 g/mol. The number of aromatic nitrogens is 5. The molecule has 0 unspecified atom stereocenters. The molecule has 0 N–H and O–H groups in total. The largest absolute Gasteiger partial charge is 0.454 e. The molecule has 0 amide bonds. The Morgan fingerprint density at radius 2 is 1.48 bits per heavy atom. The number of nitrogens with zero attached hydrogens (tertiary/aromatic N) is 7. The molecular formula is C24H21N7O2. The second kappa shape index (κ2) is 8.34. The van der Waals surface area contributed by atoms with Crippen LogP contribution in [0.25, 0.3) is 22.4 Å². The molecule has 1 aromatic carbocycles. The molecular weight excluding hydrogens is 418 g/mol. The van der Waals surface area contributed by atoms with Gasteiger partial charge >= 0.3 is 0 Å². The van der Waals surface area contributed by atoms with E-state index < -0.39 is 0 Å². The van der Waals surface area contributed by atoms with Crippen molar-refractivity contribution in [3.63, 3.8) is 0 Å². The predicted molar refractivity (Wildman–Crippen MR) is 123 cm³/mol. The molecule has 164 valence electrons. The van der Waals surface area contributed by atoms with Crippen LogP contribution in [-0.2, 0) is 0 Å². The number of benzene rings is 1. The first-order valence-corrected chi connectivity index (χ1v) is 10.8. The number of ether oxygens (including phenoxy) is 2. The molecule has 33 heavy (non-hydrogen) atoms. The lowest BCUT2D eigenvalue weighted by Crippen LogP contribution is -2.47. The van der Waals surface area contributed by atoms with Crippen LogP contribution in [0.15, 0.2) is 67.4 Å². The molecule has 1 fully saturated rings. The topological polar surface area (TPSA) is 89.4 Å². The van der Waals surface area contributed by atoms with E-state index in [-0.39, 0.29) is 6.79 Å². The van der Waals surface area contributed by atoms with E-state index in [1.807, 2.05) is 48.8 Å². The highest BCUT2D eigenvalue weighted by Crippen LogP contribution is 2.38. The average Bonchev–Trinajstić information content (AvgIpc) is 3.38. The lowest BCUT2D eigenvalue weighted by Gasteiger charge is -2.34. The van der Waals surface area contributed by atoms with E-state index in [4.69, 9.17) is 19.4 Å². The Labute approximate surface area is 190 Å². The van der Waals surface area contributed by atoms with E-state index in [9.17, 15) is 0 Å². The summed E-state index contributed by atoms with van der Waals surface area (Å²) in [6, 6.07) is 11.7. The Bertz CT molecular complexity index is 1260. The van der Waals surface area contributed by atoms with Gasteiger partial charge < -0.3 is 19.3 Å². The minimum absolute atomic E-state index is 0.240. The van der Waals surface area contributed by atoms with E-state index >= 15 is 0 Å². The van der Waals surface area contributed by atoms with Crippen LogP contribution < -0.4 is 19.3 Å². The Morgan fingerprint density at radius 1 is 0.697 bits per heavy atom. The number of piperazine rings is 1. The van der Waals surface area contributed by atoms with Gasteiger partial charge in [-0.15, -0.1) is 0 Å². The maximum Gasteiger partial charge on any atom is 0.231 e. The van der Waals surface area contributed by atoms with Crippen LogP contribution in [0.3, 0.4) is 0 Å². The number of anilines is 2. The quantitative estimate of drug-likeness (QED) is 0.476. The summed E-state index contributed by atoms with van der Waals surface area (Å²) in [6.45, 7) is 3.42. The van der Waals surface area contributed by atoms with Crippen LogP contribution in [0.5, 0.6) is 11.5 Å². The molecule has 2 aliphatic heterocycles. The minimum Gasteiger partial charge on any atom is -0.454 e. The molecule has 0 aliphatic carbocycles. The van der Waals surface area contributed by atoms with E-state index in [2.05, 4.69) is 24.8 Å².